The number of halogens is 5. The van der Waals surface area contributed by atoms with E-state index in [1.807, 2.05) is 0 Å². The van der Waals surface area contributed by atoms with Crippen molar-refractivity contribution in [1.82, 2.24) is 4.98 Å². The lowest BCUT2D eigenvalue weighted by atomic mass is 10.0. The first kappa shape index (κ1) is 15.7. The van der Waals surface area contributed by atoms with Crippen LogP contribution in [-0.4, -0.2) is 4.98 Å². The molecular formula is C14H11ClF4N2. The molecule has 2 aromatic rings. The summed E-state index contributed by atoms with van der Waals surface area (Å²) in [6, 6.07) is 5.73. The fraction of sp³-hybridized carbons (Fsp3) is 0.214. The highest BCUT2D eigenvalue weighted by Crippen LogP contribution is 2.29. The minimum absolute atomic E-state index is 0.0277. The van der Waals surface area contributed by atoms with Gasteiger partial charge in [0.1, 0.15) is 5.82 Å². The van der Waals surface area contributed by atoms with Gasteiger partial charge >= 0.3 is 6.18 Å². The number of hydrogen-bond acceptors (Lipinski definition) is 2. The molecule has 1 unspecified atom stereocenters. The van der Waals surface area contributed by atoms with Gasteiger partial charge in [-0.2, -0.15) is 13.2 Å². The zero-order valence-corrected chi connectivity index (χ0v) is 11.4. The average Bonchev–Trinajstić information content (AvgIpc) is 2.42. The molecule has 1 aromatic carbocycles. The molecule has 0 saturated carbocycles. The highest BCUT2D eigenvalue weighted by atomic mass is 35.5. The van der Waals surface area contributed by atoms with Crippen LogP contribution >= 0.6 is 11.6 Å². The van der Waals surface area contributed by atoms with Gasteiger partial charge < -0.3 is 5.73 Å². The van der Waals surface area contributed by atoms with E-state index in [1.54, 1.807) is 0 Å². The minimum Gasteiger partial charge on any atom is -0.322 e. The monoisotopic (exact) mass is 318 g/mol. The summed E-state index contributed by atoms with van der Waals surface area (Å²) in [5.41, 5.74) is 6.06. The second-order valence-electron chi connectivity index (χ2n) is 4.53. The summed E-state index contributed by atoms with van der Waals surface area (Å²) in [5, 5.41) is -0.0277. The Hall–Kier alpha value is -1.66. The number of benzene rings is 1. The van der Waals surface area contributed by atoms with Gasteiger partial charge in [-0.05, 0) is 36.2 Å². The number of rotatable bonds is 3. The van der Waals surface area contributed by atoms with Crippen molar-refractivity contribution in [2.24, 2.45) is 5.73 Å². The lowest BCUT2D eigenvalue weighted by molar-refractivity contribution is -0.137. The molecule has 2 nitrogen and oxygen atoms in total. The summed E-state index contributed by atoms with van der Waals surface area (Å²) in [5.74, 6) is -0.540. The van der Waals surface area contributed by atoms with Crippen LogP contribution in [0.25, 0.3) is 0 Å². The fourth-order valence-corrected chi connectivity index (χ4v) is 2.02. The Bertz CT molecular complexity index is 626. The first-order valence-electron chi connectivity index (χ1n) is 6.00. The van der Waals surface area contributed by atoms with Crippen LogP contribution in [0.2, 0.25) is 5.02 Å². The molecule has 0 radical (unpaired) electrons. The molecule has 0 fully saturated rings. The highest BCUT2D eigenvalue weighted by molar-refractivity contribution is 6.30. The van der Waals surface area contributed by atoms with Crippen molar-refractivity contribution in [2.75, 3.05) is 0 Å². The third kappa shape index (κ3) is 3.92. The van der Waals surface area contributed by atoms with Crippen molar-refractivity contribution in [3.05, 3.63) is 64.2 Å². The van der Waals surface area contributed by atoms with E-state index in [2.05, 4.69) is 4.98 Å². The topological polar surface area (TPSA) is 38.9 Å². The molecule has 0 amide bonds. The summed E-state index contributed by atoms with van der Waals surface area (Å²) in [6.07, 6.45) is -3.40. The largest absolute Gasteiger partial charge is 0.417 e. The predicted octanol–water partition coefficient (Wildman–Crippen LogP) is 4.14. The second-order valence-corrected chi connectivity index (χ2v) is 4.94. The third-order valence-electron chi connectivity index (χ3n) is 2.93. The number of hydrogen-bond donors (Lipinski definition) is 1. The molecule has 1 heterocycles. The Kier molecular flexibility index (Phi) is 4.49. The smallest absolute Gasteiger partial charge is 0.322 e. The van der Waals surface area contributed by atoms with Crippen LogP contribution in [0.5, 0.6) is 0 Å². The Morgan fingerprint density at radius 3 is 2.43 bits per heavy atom. The first-order valence-corrected chi connectivity index (χ1v) is 6.38. The number of pyridine rings is 1. The Balaban J connectivity index is 2.13. The number of nitrogens with two attached hydrogens (primary N) is 1. The molecule has 0 saturated heterocycles. The maximum atomic E-state index is 13.0. The van der Waals surface area contributed by atoms with E-state index in [-0.39, 0.29) is 5.02 Å². The van der Waals surface area contributed by atoms with Gasteiger partial charge in [-0.25, -0.2) is 4.39 Å². The van der Waals surface area contributed by atoms with Crippen LogP contribution in [0, 0.1) is 5.82 Å². The lowest BCUT2D eigenvalue weighted by Gasteiger charge is -2.13. The summed E-state index contributed by atoms with van der Waals surface area (Å²) in [7, 11) is 0. The molecule has 112 valence electrons. The van der Waals surface area contributed by atoms with Gasteiger partial charge in [0.2, 0.25) is 0 Å². The summed E-state index contributed by atoms with van der Waals surface area (Å²) < 4.78 is 50.3. The molecule has 1 aromatic heterocycles. The van der Waals surface area contributed by atoms with Crippen molar-refractivity contribution in [3.8, 4) is 0 Å². The maximum Gasteiger partial charge on any atom is 0.417 e. The van der Waals surface area contributed by atoms with Gasteiger partial charge in [-0.3, -0.25) is 4.98 Å². The quantitative estimate of drug-likeness (QED) is 0.864. The van der Waals surface area contributed by atoms with Gasteiger partial charge in [0.15, 0.2) is 0 Å². The number of aromatic nitrogens is 1. The maximum absolute atomic E-state index is 13.0. The van der Waals surface area contributed by atoms with Crippen molar-refractivity contribution < 1.29 is 17.6 Å². The van der Waals surface area contributed by atoms with E-state index in [0.29, 0.717) is 17.7 Å². The van der Waals surface area contributed by atoms with Gasteiger partial charge in [-0.1, -0.05) is 17.7 Å². The number of alkyl halides is 3. The average molecular weight is 319 g/mol. The molecule has 0 aliphatic carbocycles. The summed E-state index contributed by atoms with van der Waals surface area (Å²) in [4.78, 5) is 3.73. The van der Waals surface area contributed by atoms with Crippen LogP contribution < -0.4 is 5.73 Å². The molecule has 0 bridgehead atoms. The summed E-state index contributed by atoms with van der Waals surface area (Å²) >= 11 is 5.66. The van der Waals surface area contributed by atoms with Gasteiger partial charge in [0.05, 0.1) is 22.3 Å². The lowest BCUT2D eigenvalue weighted by Crippen LogP contribution is -2.16. The zero-order valence-electron chi connectivity index (χ0n) is 10.7. The zero-order chi connectivity index (χ0) is 15.6. The Morgan fingerprint density at radius 1 is 1.19 bits per heavy atom. The van der Waals surface area contributed by atoms with Crippen molar-refractivity contribution >= 4 is 11.6 Å². The van der Waals surface area contributed by atoms with E-state index >= 15 is 0 Å². The fourth-order valence-electron chi connectivity index (χ4n) is 1.82. The van der Waals surface area contributed by atoms with E-state index in [1.165, 1.54) is 24.3 Å². The SMILES string of the molecule is NC(Cc1ccc(F)c(Cl)c1)c1ccc(C(F)(F)F)cn1. The molecule has 0 aliphatic rings. The van der Waals surface area contributed by atoms with Gasteiger partial charge in [0, 0.05) is 6.20 Å². The molecule has 0 spiro atoms. The molecule has 21 heavy (non-hydrogen) atoms. The van der Waals surface area contributed by atoms with Crippen LogP contribution in [0.3, 0.4) is 0 Å². The molecule has 2 rings (SSSR count). The predicted molar refractivity (Wildman–Crippen MR) is 71.3 cm³/mol. The minimum atomic E-state index is -4.43. The van der Waals surface area contributed by atoms with E-state index in [9.17, 15) is 17.6 Å². The highest BCUT2D eigenvalue weighted by Gasteiger charge is 2.30. The molecule has 2 N–H and O–H groups in total. The van der Waals surface area contributed by atoms with Crippen LogP contribution in [0.4, 0.5) is 17.6 Å². The van der Waals surface area contributed by atoms with Crippen molar-refractivity contribution in [1.29, 1.82) is 0 Å². The standard InChI is InChI=1S/C14H11ClF4N2/c15-10-5-8(1-3-11(10)16)6-12(20)13-4-2-9(7-21-13)14(17,18)19/h1-5,7,12H,6,20H2. The Morgan fingerprint density at radius 2 is 1.90 bits per heavy atom. The van der Waals surface area contributed by atoms with Crippen LogP contribution in [0.15, 0.2) is 36.5 Å². The van der Waals surface area contributed by atoms with Crippen molar-refractivity contribution in [2.45, 2.75) is 18.6 Å². The molecule has 1 atom stereocenters. The van der Waals surface area contributed by atoms with E-state index in [4.69, 9.17) is 17.3 Å². The third-order valence-corrected chi connectivity index (χ3v) is 3.22. The molecular weight excluding hydrogens is 308 g/mol. The van der Waals surface area contributed by atoms with Crippen LogP contribution in [-0.2, 0) is 12.6 Å². The number of nitrogens with zero attached hydrogens (tertiary/aromatic N) is 1. The van der Waals surface area contributed by atoms with Gasteiger partial charge in [0.25, 0.3) is 0 Å². The molecule has 7 heteroatoms. The van der Waals surface area contributed by atoms with E-state index < -0.39 is 23.6 Å². The van der Waals surface area contributed by atoms with E-state index in [0.717, 1.165) is 12.3 Å². The second kappa shape index (κ2) is 5.99. The first-order chi connectivity index (χ1) is 9.77. The Labute approximate surface area is 123 Å². The van der Waals surface area contributed by atoms with Crippen molar-refractivity contribution in [3.63, 3.8) is 0 Å². The molecule has 0 aliphatic heterocycles. The van der Waals surface area contributed by atoms with Gasteiger partial charge in [-0.15, -0.1) is 0 Å². The summed E-state index contributed by atoms with van der Waals surface area (Å²) in [6.45, 7) is 0. The van der Waals surface area contributed by atoms with Crippen LogP contribution in [0.1, 0.15) is 22.9 Å². The normalized spacial score (nSPS) is 13.2.